The van der Waals surface area contributed by atoms with Crippen LogP contribution in [0.1, 0.15) is 11.4 Å². The molecular weight excluding hydrogens is 290 g/mol. The average Bonchev–Trinajstić information content (AvgIpc) is 3.10. The minimum absolute atomic E-state index is 0.702. The van der Waals surface area contributed by atoms with Crippen molar-refractivity contribution >= 4 is 5.95 Å². The number of hydrogen-bond acceptors (Lipinski definition) is 5. The van der Waals surface area contributed by atoms with Gasteiger partial charge in [0.2, 0.25) is 5.95 Å². The lowest BCUT2D eigenvalue weighted by Gasteiger charge is -2.17. The summed E-state index contributed by atoms with van der Waals surface area (Å²) >= 11 is 0. The van der Waals surface area contributed by atoms with Gasteiger partial charge >= 0.3 is 0 Å². The van der Waals surface area contributed by atoms with Gasteiger partial charge in [0.25, 0.3) is 0 Å². The van der Waals surface area contributed by atoms with E-state index in [1.54, 1.807) is 10.9 Å². The Kier molecular flexibility index (Phi) is 4.10. The van der Waals surface area contributed by atoms with Gasteiger partial charge in [-0.2, -0.15) is 10.2 Å². The lowest BCUT2D eigenvalue weighted by molar-refractivity contribution is 0.588. The lowest BCUT2D eigenvalue weighted by atomic mass is 10.2. The van der Waals surface area contributed by atoms with E-state index in [0.717, 1.165) is 30.0 Å². The van der Waals surface area contributed by atoms with Crippen molar-refractivity contribution in [2.24, 2.45) is 7.05 Å². The van der Waals surface area contributed by atoms with Crippen LogP contribution >= 0.6 is 0 Å². The highest BCUT2D eigenvalue weighted by atomic mass is 15.3. The molecule has 0 saturated heterocycles. The molecule has 0 radical (unpaired) electrons. The zero-order chi connectivity index (χ0) is 16.4. The Morgan fingerprint density at radius 3 is 2.74 bits per heavy atom. The molecule has 0 aromatic carbocycles. The van der Waals surface area contributed by atoms with Gasteiger partial charge in [0.05, 0.1) is 24.1 Å². The van der Waals surface area contributed by atoms with Crippen LogP contribution in [0.3, 0.4) is 0 Å². The van der Waals surface area contributed by atoms with E-state index in [0.29, 0.717) is 5.95 Å². The van der Waals surface area contributed by atoms with Crippen LogP contribution in [0.15, 0.2) is 30.7 Å². The normalized spacial score (nSPS) is 11.0. The zero-order valence-corrected chi connectivity index (χ0v) is 13.9. The highest BCUT2D eigenvalue weighted by Gasteiger charge is 2.09. The number of nitrogens with zero attached hydrogens (tertiary/aromatic N) is 7. The number of likely N-dealkylation sites (N-methyl/N-ethyl adjacent to an activating group) is 1. The summed E-state index contributed by atoms with van der Waals surface area (Å²) in [6.07, 6.45) is 5.54. The van der Waals surface area contributed by atoms with Crippen molar-refractivity contribution in [3.8, 4) is 11.3 Å². The van der Waals surface area contributed by atoms with E-state index in [1.807, 2.05) is 49.1 Å². The molecule has 0 spiro atoms. The molecule has 3 rings (SSSR count). The van der Waals surface area contributed by atoms with Crippen molar-refractivity contribution < 1.29 is 0 Å². The topological polar surface area (TPSA) is 64.7 Å². The molecule has 7 nitrogen and oxygen atoms in total. The van der Waals surface area contributed by atoms with Crippen molar-refractivity contribution in [3.05, 3.63) is 42.1 Å². The highest BCUT2D eigenvalue weighted by molar-refractivity contribution is 5.58. The Bertz CT molecular complexity index is 802. The first-order valence-electron chi connectivity index (χ1n) is 7.57. The number of aromatic nitrogens is 6. The summed E-state index contributed by atoms with van der Waals surface area (Å²) in [5, 5.41) is 8.67. The molecule has 120 valence electrons. The summed E-state index contributed by atoms with van der Waals surface area (Å²) < 4.78 is 3.78. The van der Waals surface area contributed by atoms with Crippen LogP contribution in [0.25, 0.3) is 11.3 Å². The second kappa shape index (κ2) is 6.20. The molecule has 0 amide bonds. The first-order chi connectivity index (χ1) is 11.0. The summed E-state index contributed by atoms with van der Waals surface area (Å²) in [5.41, 5.74) is 4.07. The predicted octanol–water partition coefficient (Wildman–Crippen LogP) is 1.83. The van der Waals surface area contributed by atoms with Crippen LogP contribution in [-0.4, -0.2) is 43.1 Å². The van der Waals surface area contributed by atoms with Crippen molar-refractivity contribution in [1.29, 1.82) is 0 Å². The van der Waals surface area contributed by atoms with E-state index in [9.17, 15) is 0 Å². The second-order valence-corrected chi connectivity index (χ2v) is 5.72. The SMILES string of the molecule is Cc1cc(C)n(CCN(C)c2nccc(-c3cnn(C)c3)n2)n1. The largest absolute Gasteiger partial charge is 0.342 e. The predicted molar refractivity (Wildman–Crippen MR) is 89.2 cm³/mol. The Labute approximate surface area is 135 Å². The Morgan fingerprint density at radius 1 is 1.26 bits per heavy atom. The zero-order valence-electron chi connectivity index (χ0n) is 13.9. The molecule has 0 saturated carbocycles. The molecule has 0 unspecified atom stereocenters. The summed E-state index contributed by atoms with van der Waals surface area (Å²) in [6.45, 7) is 5.67. The molecule has 23 heavy (non-hydrogen) atoms. The molecule has 7 heteroatoms. The van der Waals surface area contributed by atoms with E-state index >= 15 is 0 Å². The number of hydrogen-bond donors (Lipinski definition) is 0. The van der Waals surface area contributed by atoms with Gasteiger partial charge in [0, 0.05) is 44.3 Å². The molecule has 0 bridgehead atoms. The maximum atomic E-state index is 4.63. The van der Waals surface area contributed by atoms with Crippen LogP contribution in [0.5, 0.6) is 0 Å². The fourth-order valence-electron chi connectivity index (χ4n) is 2.49. The number of rotatable bonds is 5. The van der Waals surface area contributed by atoms with Gasteiger partial charge < -0.3 is 4.90 Å². The third-order valence-corrected chi connectivity index (χ3v) is 3.74. The minimum Gasteiger partial charge on any atom is -0.342 e. The fraction of sp³-hybridized carbons (Fsp3) is 0.375. The van der Waals surface area contributed by atoms with E-state index in [1.165, 1.54) is 5.69 Å². The molecule has 3 aromatic rings. The van der Waals surface area contributed by atoms with Crippen LogP contribution < -0.4 is 4.90 Å². The highest BCUT2D eigenvalue weighted by Crippen LogP contribution is 2.17. The smallest absolute Gasteiger partial charge is 0.225 e. The first-order valence-corrected chi connectivity index (χ1v) is 7.57. The van der Waals surface area contributed by atoms with Crippen LogP contribution in [0.4, 0.5) is 5.95 Å². The van der Waals surface area contributed by atoms with Gasteiger partial charge in [-0.15, -0.1) is 0 Å². The molecular formula is C16H21N7. The van der Waals surface area contributed by atoms with Crippen molar-refractivity contribution in [3.63, 3.8) is 0 Å². The summed E-state index contributed by atoms with van der Waals surface area (Å²) in [4.78, 5) is 11.0. The Hall–Kier alpha value is -2.70. The van der Waals surface area contributed by atoms with E-state index in [4.69, 9.17) is 0 Å². The van der Waals surface area contributed by atoms with Crippen molar-refractivity contribution in [2.75, 3.05) is 18.5 Å². The lowest BCUT2D eigenvalue weighted by Crippen LogP contribution is -2.25. The molecule has 0 aliphatic carbocycles. The van der Waals surface area contributed by atoms with Gasteiger partial charge in [-0.1, -0.05) is 0 Å². The minimum atomic E-state index is 0.702. The maximum absolute atomic E-state index is 4.63. The van der Waals surface area contributed by atoms with Gasteiger partial charge in [-0.05, 0) is 26.0 Å². The Balaban J connectivity index is 1.72. The third kappa shape index (κ3) is 3.39. The second-order valence-electron chi connectivity index (χ2n) is 5.72. The Morgan fingerprint density at radius 2 is 2.09 bits per heavy atom. The van der Waals surface area contributed by atoms with Crippen LogP contribution in [0, 0.1) is 13.8 Å². The van der Waals surface area contributed by atoms with Crippen molar-refractivity contribution in [1.82, 2.24) is 29.5 Å². The van der Waals surface area contributed by atoms with Gasteiger partial charge in [0.15, 0.2) is 0 Å². The average molecular weight is 311 g/mol. The summed E-state index contributed by atoms with van der Waals surface area (Å²) in [5.74, 6) is 0.702. The molecule has 3 heterocycles. The monoisotopic (exact) mass is 311 g/mol. The maximum Gasteiger partial charge on any atom is 0.225 e. The molecule has 0 aliphatic rings. The molecule has 0 fully saturated rings. The van der Waals surface area contributed by atoms with Crippen LogP contribution in [0.2, 0.25) is 0 Å². The summed E-state index contributed by atoms with van der Waals surface area (Å²) in [7, 11) is 3.89. The van der Waals surface area contributed by atoms with Gasteiger partial charge in [0.1, 0.15) is 0 Å². The standard InChI is InChI=1S/C16H21N7/c1-12-9-13(2)23(20-12)8-7-21(3)16-17-6-5-15(19-16)14-10-18-22(4)11-14/h5-6,9-11H,7-8H2,1-4H3. The van der Waals surface area contributed by atoms with Crippen molar-refractivity contribution in [2.45, 2.75) is 20.4 Å². The molecule has 0 aliphatic heterocycles. The number of anilines is 1. The van der Waals surface area contributed by atoms with Gasteiger partial charge in [-0.3, -0.25) is 9.36 Å². The van der Waals surface area contributed by atoms with E-state index in [2.05, 4.69) is 33.2 Å². The van der Waals surface area contributed by atoms with Gasteiger partial charge in [-0.25, -0.2) is 9.97 Å². The fourth-order valence-corrected chi connectivity index (χ4v) is 2.49. The molecule has 0 atom stereocenters. The third-order valence-electron chi connectivity index (χ3n) is 3.74. The molecule has 0 N–H and O–H groups in total. The first kappa shape index (κ1) is 15.2. The van der Waals surface area contributed by atoms with Crippen LogP contribution in [-0.2, 0) is 13.6 Å². The van der Waals surface area contributed by atoms with E-state index < -0.39 is 0 Å². The molecule has 3 aromatic heterocycles. The quantitative estimate of drug-likeness (QED) is 0.719. The summed E-state index contributed by atoms with van der Waals surface area (Å²) in [6, 6.07) is 3.98. The van der Waals surface area contributed by atoms with E-state index in [-0.39, 0.29) is 0 Å². The number of aryl methyl sites for hydroxylation is 3.